The van der Waals surface area contributed by atoms with E-state index in [1.54, 1.807) is 0 Å². The van der Waals surface area contributed by atoms with Gasteiger partial charge in [0.15, 0.2) is 17.5 Å². The van der Waals surface area contributed by atoms with Gasteiger partial charge in [0.05, 0.1) is 5.41 Å². The van der Waals surface area contributed by atoms with E-state index in [2.05, 4.69) is 158 Å². The largest absolute Gasteiger partial charge is 0.208 e. The molecule has 0 N–H and O–H groups in total. The van der Waals surface area contributed by atoms with Gasteiger partial charge in [0.1, 0.15) is 0 Å². The Bertz CT molecular complexity index is 2470. The lowest BCUT2D eigenvalue weighted by molar-refractivity contribution is 0.831. The molecule has 0 radical (unpaired) electrons. The molecule has 0 saturated carbocycles. The fraction of sp³-hybridized carbons (Fsp3) is 0.0222. The molecule has 6 aromatic carbocycles. The van der Waals surface area contributed by atoms with E-state index in [1.165, 1.54) is 37.5 Å². The quantitative estimate of drug-likeness (QED) is 0.170. The fourth-order valence-electron chi connectivity index (χ4n) is 7.30. The SMILES string of the molecule is C1=CC(c2ccccc2)(c2ccccc2)C2=c3cccc(-c4nc(-c5ccccc5)nc(-c5ccc(-c6ccccc6)cc5)n4)c3=[SiH]C2=C1. The van der Waals surface area contributed by atoms with E-state index in [9.17, 15) is 0 Å². The Balaban J connectivity index is 1.26. The molecule has 1 aromatic heterocycles. The number of allylic oxidation sites excluding steroid dienone is 4. The first-order chi connectivity index (χ1) is 24.3. The van der Waals surface area contributed by atoms with Crippen LogP contribution < -0.4 is 5.22 Å². The van der Waals surface area contributed by atoms with Gasteiger partial charge < -0.3 is 0 Å². The smallest absolute Gasteiger partial charge is 0.164 e. The molecule has 0 bridgehead atoms. The summed E-state index contributed by atoms with van der Waals surface area (Å²) in [5, 5.41) is 2.69. The van der Waals surface area contributed by atoms with Crippen LogP contribution >= 0.6 is 0 Å². The van der Waals surface area contributed by atoms with Gasteiger partial charge in [-0.05, 0) is 43.1 Å². The van der Waals surface area contributed by atoms with E-state index in [0.29, 0.717) is 17.5 Å². The molecule has 0 saturated heterocycles. The highest BCUT2D eigenvalue weighted by atomic mass is 28.2. The monoisotopic (exact) mass is 641 g/mol. The average Bonchev–Trinajstić information content (AvgIpc) is 3.59. The molecular formula is C45H31N3Si. The summed E-state index contributed by atoms with van der Waals surface area (Å²) in [6.07, 6.45) is 6.96. The van der Waals surface area contributed by atoms with E-state index in [1.807, 2.05) is 24.3 Å². The molecule has 49 heavy (non-hydrogen) atoms. The zero-order valence-corrected chi connectivity index (χ0v) is 27.9. The summed E-state index contributed by atoms with van der Waals surface area (Å²) in [7, 11) is -0.197. The van der Waals surface area contributed by atoms with Crippen LogP contribution in [-0.4, -0.2) is 24.1 Å². The van der Waals surface area contributed by atoms with Gasteiger partial charge in [-0.25, -0.2) is 15.0 Å². The molecule has 230 valence electrons. The third kappa shape index (κ3) is 5.05. The maximum Gasteiger partial charge on any atom is 0.164 e. The lowest BCUT2D eigenvalue weighted by Gasteiger charge is -2.37. The molecule has 4 heteroatoms. The second kappa shape index (κ2) is 12.2. The summed E-state index contributed by atoms with van der Waals surface area (Å²) in [6.45, 7) is 0. The Morgan fingerprint density at radius 2 is 0.918 bits per heavy atom. The fourth-order valence-corrected chi connectivity index (χ4v) is 9.12. The van der Waals surface area contributed by atoms with Crippen LogP contribution in [0.15, 0.2) is 187 Å². The van der Waals surface area contributed by atoms with Gasteiger partial charge in [-0.3, -0.25) is 0 Å². The normalized spacial score (nSPS) is 14.0. The molecule has 0 unspecified atom stereocenters. The highest BCUT2D eigenvalue weighted by Gasteiger charge is 2.40. The maximum atomic E-state index is 5.20. The maximum absolute atomic E-state index is 5.20. The number of hydrogen-bond donors (Lipinski definition) is 0. The standard InChI is InChI=1S/C45H31N3Si/c1-5-15-31(16-6-1)32-26-28-34(29-27-32)43-46-42(33-17-7-2-8-18-33)47-44(48-43)38-24-13-23-37-40-39(49-41(37)38)25-14-30-45(40,35-19-9-3-10-20-35)36-21-11-4-12-22-36/h1-30,49H. The van der Waals surface area contributed by atoms with Gasteiger partial charge in [0, 0.05) is 25.8 Å². The van der Waals surface area contributed by atoms with Crippen molar-refractivity contribution in [1.29, 1.82) is 0 Å². The highest BCUT2D eigenvalue weighted by molar-refractivity contribution is 6.46. The van der Waals surface area contributed by atoms with Crippen LogP contribution in [0.4, 0.5) is 0 Å². The van der Waals surface area contributed by atoms with E-state index < -0.39 is 5.41 Å². The van der Waals surface area contributed by atoms with E-state index in [4.69, 9.17) is 15.0 Å². The van der Waals surface area contributed by atoms with Crippen molar-refractivity contribution in [3.05, 3.63) is 208 Å². The molecule has 1 aliphatic heterocycles. The van der Waals surface area contributed by atoms with Crippen molar-refractivity contribution >= 4 is 14.7 Å². The van der Waals surface area contributed by atoms with E-state index in [0.717, 1.165) is 22.3 Å². The van der Waals surface area contributed by atoms with Crippen LogP contribution in [0.5, 0.6) is 0 Å². The lowest BCUT2D eigenvalue weighted by Crippen LogP contribution is -2.32. The van der Waals surface area contributed by atoms with Crippen molar-refractivity contribution in [3.8, 4) is 45.3 Å². The summed E-state index contributed by atoms with van der Waals surface area (Å²) < 4.78 is 0. The Morgan fingerprint density at radius 1 is 0.429 bits per heavy atom. The second-order valence-electron chi connectivity index (χ2n) is 12.4. The van der Waals surface area contributed by atoms with Crippen LogP contribution in [0, 0.1) is 4.81 Å². The zero-order valence-electron chi connectivity index (χ0n) is 26.7. The minimum atomic E-state index is -0.399. The highest BCUT2D eigenvalue weighted by Crippen LogP contribution is 2.47. The van der Waals surface area contributed by atoms with Gasteiger partial charge in [-0.15, -0.1) is 0 Å². The number of hydrogen-bond acceptors (Lipinski definition) is 3. The Morgan fingerprint density at radius 3 is 1.53 bits per heavy atom. The summed E-state index contributed by atoms with van der Waals surface area (Å²) in [5.74, 6) is 2.05. The molecule has 7 aromatic rings. The first-order valence-corrected chi connectivity index (χ1v) is 17.8. The summed E-state index contributed by atoms with van der Waals surface area (Å²) in [5.41, 5.74) is 8.85. The van der Waals surface area contributed by atoms with Crippen LogP contribution in [0.25, 0.3) is 50.9 Å². The predicted molar refractivity (Wildman–Crippen MR) is 201 cm³/mol. The van der Waals surface area contributed by atoms with Crippen molar-refractivity contribution in [2.45, 2.75) is 5.41 Å². The molecule has 2 aliphatic rings. The summed E-state index contributed by atoms with van der Waals surface area (Å²) in [4.78, 5) is 16.7. The third-order valence-corrected chi connectivity index (χ3v) is 11.3. The molecule has 0 amide bonds. The number of nitrogens with zero attached hydrogens (tertiary/aromatic N) is 3. The summed E-state index contributed by atoms with van der Waals surface area (Å²) >= 11 is 0. The molecule has 9 rings (SSSR count). The molecule has 0 fully saturated rings. The zero-order chi connectivity index (χ0) is 32.6. The van der Waals surface area contributed by atoms with Gasteiger partial charge in [-0.1, -0.05) is 182 Å². The van der Waals surface area contributed by atoms with Crippen molar-refractivity contribution in [2.24, 2.45) is 0 Å². The molecule has 2 heterocycles. The van der Waals surface area contributed by atoms with Crippen molar-refractivity contribution in [1.82, 2.24) is 15.0 Å². The summed E-state index contributed by atoms with van der Waals surface area (Å²) in [6, 6.07) is 57.7. The van der Waals surface area contributed by atoms with Crippen molar-refractivity contribution < 1.29 is 0 Å². The van der Waals surface area contributed by atoms with Gasteiger partial charge in [0.2, 0.25) is 0 Å². The van der Waals surface area contributed by atoms with Crippen molar-refractivity contribution in [2.75, 3.05) is 0 Å². The van der Waals surface area contributed by atoms with Crippen LogP contribution in [0.2, 0.25) is 0 Å². The number of benzene rings is 6. The van der Waals surface area contributed by atoms with Crippen molar-refractivity contribution in [3.63, 3.8) is 0 Å². The molecule has 3 nitrogen and oxygen atoms in total. The molecule has 1 aliphatic carbocycles. The third-order valence-electron chi connectivity index (χ3n) is 9.60. The lowest BCUT2D eigenvalue weighted by atomic mass is 9.66. The van der Waals surface area contributed by atoms with Crippen LogP contribution in [-0.2, 0) is 5.41 Å². The average molecular weight is 642 g/mol. The van der Waals surface area contributed by atoms with Gasteiger partial charge >= 0.3 is 0 Å². The molecular weight excluding hydrogens is 611 g/mol. The van der Waals surface area contributed by atoms with Gasteiger partial charge in [0.25, 0.3) is 0 Å². The minimum Gasteiger partial charge on any atom is -0.208 e. The van der Waals surface area contributed by atoms with Crippen LogP contribution in [0.3, 0.4) is 0 Å². The van der Waals surface area contributed by atoms with Crippen LogP contribution in [0.1, 0.15) is 11.1 Å². The van der Waals surface area contributed by atoms with E-state index in [-0.39, 0.29) is 9.13 Å². The first-order valence-electron chi connectivity index (χ1n) is 16.6. The number of aromatic nitrogens is 3. The number of fused-ring (bicyclic) bond motifs is 2. The molecule has 0 atom stereocenters. The Labute approximate surface area is 287 Å². The minimum absolute atomic E-state index is 0.197. The molecule has 0 spiro atoms. The predicted octanol–water partition coefficient (Wildman–Crippen LogP) is 8.83. The van der Waals surface area contributed by atoms with E-state index >= 15 is 0 Å². The Hall–Kier alpha value is -6.10. The Kier molecular flexibility index (Phi) is 7.22. The first kappa shape index (κ1) is 29.1. The number of rotatable bonds is 6. The topological polar surface area (TPSA) is 38.7 Å². The van der Waals surface area contributed by atoms with Gasteiger partial charge in [-0.2, -0.15) is 0 Å². The second-order valence-corrected chi connectivity index (χ2v) is 13.9.